The number of rotatable bonds is 1. The van der Waals surface area contributed by atoms with Gasteiger partial charge in [0.25, 0.3) is 0 Å². The fraction of sp³-hybridized carbons (Fsp3) is 0.0500. The maximum absolute atomic E-state index is 12.0. The zero-order valence-electron chi connectivity index (χ0n) is 12.7. The second-order valence-corrected chi connectivity index (χ2v) is 5.50. The first-order valence-electron chi connectivity index (χ1n) is 7.50. The minimum Gasteiger partial charge on any atom is -0.289 e. The zero-order chi connectivity index (χ0) is 15.8. The van der Waals surface area contributed by atoms with Gasteiger partial charge in [-0.05, 0) is 24.6 Å². The third-order valence-corrected chi connectivity index (χ3v) is 4.01. The van der Waals surface area contributed by atoms with E-state index in [4.69, 9.17) is 4.99 Å². The van der Waals surface area contributed by atoms with Crippen molar-refractivity contribution in [2.24, 2.45) is 9.98 Å². The molecular weight excluding hydrogens is 284 g/mol. The van der Waals surface area contributed by atoms with Crippen molar-refractivity contribution in [2.45, 2.75) is 6.92 Å². The summed E-state index contributed by atoms with van der Waals surface area (Å²) in [5.74, 6) is 0.688. The van der Waals surface area contributed by atoms with E-state index in [9.17, 15) is 4.79 Å². The number of fused-ring (bicyclic) bond motifs is 1. The number of carbonyl (C=O) groups excluding carboxylic acids is 1. The molecule has 2 aromatic carbocycles. The van der Waals surface area contributed by atoms with Crippen LogP contribution in [-0.4, -0.2) is 17.2 Å². The Morgan fingerprint density at radius 1 is 0.783 bits per heavy atom. The molecule has 4 rings (SSSR count). The molecule has 1 aliphatic carbocycles. The Hall–Kier alpha value is -3.07. The average Bonchev–Trinajstić information content (AvgIpc) is 2.98. The molecule has 1 aliphatic heterocycles. The van der Waals surface area contributed by atoms with Gasteiger partial charge in [0.15, 0.2) is 11.6 Å². The number of hydrogen-bond acceptors (Lipinski definition) is 3. The van der Waals surface area contributed by atoms with E-state index in [1.54, 1.807) is 6.08 Å². The summed E-state index contributed by atoms with van der Waals surface area (Å²) in [4.78, 5) is 21.4. The number of nitrogens with zero attached hydrogens (tertiary/aromatic N) is 2. The summed E-state index contributed by atoms with van der Waals surface area (Å²) >= 11 is 0. The molecule has 0 spiro atoms. The van der Waals surface area contributed by atoms with E-state index in [0.717, 1.165) is 28.1 Å². The van der Waals surface area contributed by atoms with Gasteiger partial charge in [-0.25, -0.2) is 9.98 Å². The van der Waals surface area contributed by atoms with Gasteiger partial charge in [-0.15, -0.1) is 0 Å². The van der Waals surface area contributed by atoms with E-state index < -0.39 is 0 Å². The van der Waals surface area contributed by atoms with Gasteiger partial charge in [0.2, 0.25) is 0 Å². The maximum atomic E-state index is 12.0. The molecule has 0 saturated carbocycles. The summed E-state index contributed by atoms with van der Waals surface area (Å²) < 4.78 is 0. The molecule has 3 nitrogen and oxygen atoms in total. The summed E-state index contributed by atoms with van der Waals surface area (Å²) in [6.45, 7) is 1.96. The van der Waals surface area contributed by atoms with E-state index in [-0.39, 0.29) is 5.78 Å². The third-order valence-electron chi connectivity index (χ3n) is 4.01. The fourth-order valence-electron chi connectivity index (χ4n) is 2.88. The lowest BCUT2D eigenvalue weighted by atomic mass is 9.92. The van der Waals surface area contributed by atoms with Crippen molar-refractivity contribution in [3.8, 4) is 0 Å². The molecule has 0 atom stereocenters. The van der Waals surface area contributed by atoms with Crippen molar-refractivity contribution in [3.05, 3.63) is 89.3 Å². The first-order valence-corrected chi connectivity index (χ1v) is 7.50. The Labute approximate surface area is 134 Å². The number of benzene rings is 2. The van der Waals surface area contributed by atoms with E-state index in [0.29, 0.717) is 11.4 Å². The van der Waals surface area contributed by atoms with Crippen molar-refractivity contribution in [1.29, 1.82) is 0 Å². The monoisotopic (exact) mass is 298 g/mol. The van der Waals surface area contributed by atoms with Crippen molar-refractivity contribution in [2.75, 3.05) is 0 Å². The van der Waals surface area contributed by atoms with Crippen LogP contribution < -0.4 is 0 Å². The normalized spacial score (nSPS) is 19.4. The van der Waals surface area contributed by atoms with Crippen LogP contribution in [0.4, 0.5) is 0 Å². The molecule has 0 radical (unpaired) electrons. The van der Waals surface area contributed by atoms with Gasteiger partial charge < -0.3 is 0 Å². The smallest absolute Gasteiger partial charge is 0.186 e. The van der Waals surface area contributed by atoms with E-state index in [1.807, 2.05) is 67.6 Å². The maximum Gasteiger partial charge on any atom is 0.186 e. The Bertz CT molecular complexity index is 931. The molecule has 0 N–H and O–H groups in total. The molecule has 0 fully saturated rings. The molecule has 1 heterocycles. The van der Waals surface area contributed by atoms with Crippen LogP contribution in [0, 0.1) is 0 Å². The van der Waals surface area contributed by atoms with Crippen molar-refractivity contribution in [1.82, 2.24) is 0 Å². The van der Waals surface area contributed by atoms with Gasteiger partial charge in [-0.2, -0.15) is 0 Å². The number of carbonyl (C=O) groups is 1. The lowest BCUT2D eigenvalue weighted by Crippen LogP contribution is -2.07. The van der Waals surface area contributed by atoms with E-state index >= 15 is 0 Å². The molecule has 0 bridgehead atoms. The molecule has 110 valence electrons. The van der Waals surface area contributed by atoms with Crippen LogP contribution in [0.1, 0.15) is 28.4 Å². The van der Waals surface area contributed by atoms with Gasteiger partial charge in [-0.1, -0.05) is 54.6 Å². The Morgan fingerprint density at radius 3 is 2.26 bits per heavy atom. The average molecular weight is 298 g/mol. The summed E-state index contributed by atoms with van der Waals surface area (Å²) in [6.07, 6.45) is 3.40. The van der Waals surface area contributed by atoms with Gasteiger partial charge in [0.1, 0.15) is 0 Å². The standard InChI is InChI=1S/C20H14N2O/c1-13-19(14-7-3-2-4-8-14)22-20(21-13)17-11-12-18(23)16-10-6-5-9-15(16)17/h2-12H,1H3/b20-17-. The summed E-state index contributed by atoms with van der Waals surface area (Å²) in [5, 5.41) is 0. The number of aliphatic imine (C=N–C) groups is 2. The summed E-state index contributed by atoms with van der Waals surface area (Å²) in [5.41, 5.74) is 5.31. The number of allylic oxidation sites excluding steroid dienone is 3. The molecule has 3 heteroatoms. The molecular formula is C20H14N2O. The highest BCUT2D eigenvalue weighted by molar-refractivity contribution is 6.49. The number of hydrogen-bond donors (Lipinski definition) is 0. The second-order valence-electron chi connectivity index (χ2n) is 5.50. The van der Waals surface area contributed by atoms with Crippen LogP contribution in [0.3, 0.4) is 0 Å². The molecule has 2 aromatic rings. The minimum absolute atomic E-state index is 0.0240. The highest BCUT2D eigenvalue weighted by atomic mass is 16.1. The quantitative estimate of drug-likeness (QED) is 0.782. The minimum atomic E-state index is 0.0240. The van der Waals surface area contributed by atoms with Crippen molar-refractivity contribution >= 4 is 22.8 Å². The highest BCUT2D eigenvalue weighted by Crippen LogP contribution is 2.31. The van der Waals surface area contributed by atoms with E-state index in [2.05, 4.69) is 4.99 Å². The molecule has 0 saturated heterocycles. The zero-order valence-corrected chi connectivity index (χ0v) is 12.7. The lowest BCUT2D eigenvalue weighted by molar-refractivity contribution is 0.104. The molecule has 0 unspecified atom stereocenters. The Balaban J connectivity index is 1.89. The SMILES string of the molecule is CC1=N/C(=C2\C=CC(=O)c3ccccc32)N=C1c1ccccc1. The van der Waals surface area contributed by atoms with Crippen molar-refractivity contribution < 1.29 is 4.79 Å². The number of ketones is 1. The highest BCUT2D eigenvalue weighted by Gasteiger charge is 2.22. The van der Waals surface area contributed by atoms with Crippen molar-refractivity contribution in [3.63, 3.8) is 0 Å². The fourth-order valence-corrected chi connectivity index (χ4v) is 2.88. The largest absolute Gasteiger partial charge is 0.289 e. The Kier molecular flexibility index (Phi) is 3.12. The first kappa shape index (κ1) is 13.6. The van der Waals surface area contributed by atoms with Gasteiger partial charge in [0.05, 0.1) is 11.4 Å². The molecule has 23 heavy (non-hydrogen) atoms. The van der Waals surface area contributed by atoms with Crippen LogP contribution in [0.5, 0.6) is 0 Å². The molecule has 2 aliphatic rings. The van der Waals surface area contributed by atoms with Gasteiger partial charge in [-0.3, -0.25) is 4.79 Å². The summed E-state index contributed by atoms with van der Waals surface area (Å²) in [7, 11) is 0. The second kappa shape index (κ2) is 5.29. The van der Waals surface area contributed by atoms with Crippen LogP contribution in [0.15, 0.2) is 82.6 Å². The van der Waals surface area contributed by atoms with Gasteiger partial charge in [0, 0.05) is 16.7 Å². The topological polar surface area (TPSA) is 41.8 Å². The summed E-state index contributed by atoms with van der Waals surface area (Å²) in [6, 6.07) is 17.6. The first-order chi connectivity index (χ1) is 11.2. The van der Waals surface area contributed by atoms with E-state index in [1.165, 1.54) is 0 Å². The predicted molar refractivity (Wildman–Crippen MR) is 92.9 cm³/mol. The van der Waals surface area contributed by atoms with Crippen LogP contribution >= 0.6 is 0 Å². The van der Waals surface area contributed by atoms with Crippen LogP contribution in [0.2, 0.25) is 0 Å². The van der Waals surface area contributed by atoms with Gasteiger partial charge >= 0.3 is 0 Å². The third kappa shape index (κ3) is 2.27. The predicted octanol–water partition coefficient (Wildman–Crippen LogP) is 4.07. The Morgan fingerprint density at radius 2 is 1.48 bits per heavy atom. The van der Waals surface area contributed by atoms with Crippen LogP contribution in [0.25, 0.3) is 5.57 Å². The molecule has 0 aromatic heterocycles. The lowest BCUT2D eigenvalue weighted by Gasteiger charge is -2.12. The molecule has 0 amide bonds. The van der Waals surface area contributed by atoms with Crippen LogP contribution in [-0.2, 0) is 0 Å².